The third kappa shape index (κ3) is 6.55. The summed E-state index contributed by atoms with van der Waals surface area (Å²) in [5.41, 5.74) is 0. The van der Waals surface area contributed by atoms with Crippen LogP contribution >= 0.6 is 31.6 Å². The molecule has 0 rings (SSSR count). The van der Waals surface area contributed by atoms with Gasteiger partial charge >= 0.3 is 7.60 Å². The van der Waals surface area contributed by atoms with Crippen LogP contribution in [0, 0.1) is 17.2 Å². The second-order valence-electron chi connectivity index (χ2n) is 4.49. The molecule has 0 spiro atoms. The Morgan fingerprint density at radius 1 is 1.35 bits per heavy atom. The molecule has 0 aliphatic carbocycles. The lowest BCUT2D eigenvalue weighted by atomic mass is 10.1. The van der Waals surface area contributed by atoms with Crippen molar-refractivity contribution in [2.75, 3.05) is 14.2 Å². The molecule has 20 heavy (non-hydrogen) atoms. The molecule has 0 saturated carbocycles. The molecular formula is C12H22NO4PS2. The predicted octanol–water partition coefficient (Wildman–Crippen LogP) is 4.18. The molecule has 0 aromatic heterocycles. The van der Waals surface area contributed by atoms with Crippen LogP contribution in [0.15, 0.2) is 0 Å². The highest BCUT2D eigenvalue weighted by Crippen LogP contribution is 2.57. The van der Waals surface area contributed by atoms with Crippen molar-refractivity contribution in [3.8, 4) is 6.07 Å². The van der Waals surface area contributed by atoms with Crippen molar-refractivity contribution in [3.63, 3.8) is 0 Å². The van der Waals surface area contributed by atoms with E-state index in [1.54, 1.807) is 0 Å². The third-order valence-corrected chi connectivity index (χ3v) is 7.07. The van der Waals surface area contributed by atoms with Gasteiger partial charge in [0.25, 0.3) is 0 Å². The molecule has 0 N–H and O–H groups in total. The summed E-state index contributed by atoms with van der Waals surface area (Å²) in [5.74, 6) is 0.322. The van der Waals surface area contributed by atoms with Crippen molar-refractivity contribution in [1.82, 2.24) is 0 Å². The zero-order valence-electron chi connectivity index (χ0n) is 12.5. The first-order valence-corrected chi connectivity index (χ1v) is 9.16. The summed E-state index contributed by atoms with van der Waals surface area (Å²) < 4.78 is 28.3. The minimum atomic E-state index is -3.30. The Kier molecular flexibility index (Phi) is 9.69. The molecule has 0 amide bonds. The van der Waals surface area contributed by atoms with Crippen molar-refractivity contribution >= 4 is 36.0 Å². The van der Waals surface area contributed by atoms with Gasteiger partial charge in [-0.15, -0.1) is 0 Å². The molecule has 2 atom stereocenters. The number of nitriles is 1. The standard InChI is InChI=1S/C12H22NO4PS2/c1-9(2)10(3)17-12(19)20-11(7-6-8-13)18(14,15-4)16-5/h9-11H,6-7H2,1-5H3. The Labute approximate surface area is 130 Å². The van der Waals surface area contributed by atoms with Crippen molar-refractivity contribution in [1.29, 1.82) is 5.26 Å². The van der Waals surface area contributed by atoms with Gasteiger partial charge < -0.3 is 13.8 Å². The molecular weight excluding hydrogens is 317 g/mol. The number of rotatable bonds is 8. The fraction of sp³-hybridized carbons (Fsp3) is 0.833. The van der Waals surface area contributed by atoms with E-state index in [-0.39, 0.29) is 12.5 Å². The van der Waals surface area contributed by atoms with E-state index in [1.165, 1.54) is 14.2 Å². The number of ether oxygens (including phenoxy) is 1. The first-order valence-electron chi connectivity index (χ1n) is 6.26. The fourth-order valence-electron chi connectivity index (χ4n) is 1.21. The second kappa shape index (κ2) is 9.75. The van der Waals surface area contributed by atoms with Crippen molar-refractivity contribution in [3.05, 3.63) is 0 Å². The molecule has 2 unspecified atom stereocenters. The maximum Gasteiger partial charge on any atom is 0.343 e. The summed E-state index contributed by atoms with van der Waals surface area (Å²) in [6, 6.07) is 2.02. The second-order valence-corrected chi connectivity index (χ2v) is 9.08. The van der Waals surface area contributed by atoms with Gasteiger partial charge in [0.1, 0.15) is 4.99 Å². The van der Waals surface area contributed by atoms with Crippen LogP contribution in [0.4, 0.5) is 0 Å². The lowest BCUT2D eigenvalue weighted by Gasteiger charge is -2.25. The van der Waals surface area contributed by atoms with Gasteiger partial charge in [-0.1, -0.05) is 25.6 Å². The molecule has 0 saturated heterocycles. The van der Waals surface area contributed by atoms with E-state index in [0.717, 1.165) is 11.8 Å². The largest absolute Gasteiger partial charge is 0.475 e. The number of hydrogen-bond acceptors (Lipinski definition) is 7. The lowest BCUT2D eigenvalue weighted by Crippen LogP contribution is -2.19. The van der Waals surface area contributed by atoms with Crippen LogP contribution in [0.3, 0.4) is 0 Å². The van der Waals surface area contributed by atoms with Crippen LogP contribution < -0.4 is 0 Å². The maximum atomic E-state index is 12.4. The van der Waals surface area contributed by atoms with Gasteiger partial charge in [-0.25, -0.2) is 0 Å². The number of thiocarbonyl (C=S) groups is 1. The van der Waals surface area contributed by atoms with Crippen molar-refractivity contribution in [2.45, 2.75) is 44.7 Å². The number of thioether (sulfide) groups is 1. The normalized spacial score (nSPS) is 14.7. The quantitative estimate of drug-likeness (QED) is 0.485. The van der Waals surface area contributed by atoms with Crippen LogP contribution in [-0.2, 0) is 18.3 Å². The molecule has 5 nitrogen and oxygen atoms in total. The summed E-state index contributed by atoms with van der Waals surface area (Å²) in [4.78, 5) is -0.538. The van der Waals surface area contributed by atoms with Crippen LogP contribution in [0.25, 0.3) is 0 Å². The predicted molar refractivity (Wildman–Crippen MR) is 85.8 cm³/mol. The van der Waals surface area contributed by atoms with Gasteiger partial charge in [0, 0.05) is 20.6 Å². The Balaban J connectivity index is 4.78. The van der Waals surface area contributed by atoms with Crippen LogP contribution in [0.1, 0.15) is 33.6 Å². The maximum absolute atomic E-state index is 12.4. The first kappa shape index (κ1) is 19.9. The van der Waals surface area contributed by atoms with Gasteiger partial charge in [-0.05, 0) is 31.5 Å². The lowest BCUT2D eigenvalue weighted by molar-refractivity contribution is 0.168. The summed E-state index contributed by atoms with van der Waals surface area (Å²) in [5, 5.41) is 8.68. The highest BCUT2D eigenvalue weighted by Gasteiger charge is 2.36. The monoisotopic (exact) mass is 339 g/mol. The Bertz CT molecular complexity index is 389. The zero-order chi connectivity index (χ0) is 15.8. The zero-order valence-corrected chi connectivity index (χ0v) is 15.0. The van der Waals surface area contributed by atoms with E-state index in [9.17, 15) is 4.57 Å². The number of nitrogens with zero attached hydrogens (tertiary/aromatic N) is 1. The topological polar surface area (TPSA) is 68.5 Å². The highest BCUT2D eigenvalue weighted by molar-refractivity contribution is 8.25. The summed E-state index contributed by atoms with van der Waals surface area (Å²) in [6.07, 6.45) is 0.576. The van der Waals surface area contributed by atoms with E-state index >= 15 is 0 Å². The minimum Gasteiger partial charge on any atom is -0.475 e. The van der Waals surface area contributed by atoms with Gasteiger partial charge in [-0.3, -0.25) is 4.57 Å². The summed E-state index contributed by atoms with van der Waals surface area (Å²) >= 11 is 6.30. The van der Waals surface area contributed by atoms with Gasteiger partial charge in [0.05, 0.1) is 12.2 Å². The Morgan fingerprint density at radius 3 is 2.30 bits per heavy atom. The van der Waals surface area contributed by atoms with E-state index in [4.69, 9.17) is 31.3 Å². The SMILES string of the molecule is COP(=O)(OC)C(CCC#N)SC(=S)OC(C)C(C)C. The van der Waals surface area contributed by atoms with Crippen molar-refractivity contribution < 1.29 is 18.3 Å². The smallest absolute Gasteiger partial charge is 0.343 e. The van der Waals surface area contributed by atoms with Crippen LogP contribution in [-0.4, -0.2) is 29.7 Å². The third-order valence-electron chi connectivity index (χ3n) is 2.82. The van der Waals surface area contributed by atoms with E-state index < -0.39 is 12.6 Å². The number of hydrogen-bond donors (Lipinski definition) is 0. The van der Waals surface area contributed by atoms with Gasteiger partial charge in [0.15, 0.2) is 0 Å². The first-order chi connectivity index (χ1) is 9.30. The van der Waals surface area contributed by atoms with Gasteiger partial charge in [-0.2, -0.15) is 5.26 Å². The summed E-state index contributed by atoms with van der Waals surface area (Å²) in [7, 11) is -0.649. The highest BCUT2D eigenvalue weighted by atomic mass is 32.2. The molecule has 8 heteroatoms. The van der Waals surface area contributed by atoms with Crippen LogP contribution in [0.5, 0.6) is 0 Å². The van der Waals surface area contributed by atoms with E-state index in [1.807, 2.05) is 26.8 Å². The Hall–Kier alpha value is -0.120. The Morgan fingerprint density at radius 2 is 1.90 bits per heavy atom. The van der Waals surface area contributed by atoms with Crippen molar-refractivity contribution in [2.24, 2.45) is 5.92 Å². The van der Waals surface area contributed by atoms with E-state index in [2.05, 4.69) is 0 Å². The molecule has 0 fully saturated rings. The fourth-order valence-corrected chi connectivity index (χ4v) is 4.97. The molecule has 0 aromatic carbocycles. The summed E-state index contributed by atoms with van der Waals surface area (Å²) in [6.45, 7) is 5.98. The molecule has 0 heterocycles. The average molecular weight is 339 g/mol. The minimum absolute atomic E-state index is 0.0314. The van der Waals surface area contributed by atoms with Gasteiger partial charge in [0.2, 0.25) is 4.38 Å². The molecule has 116 valence electrons. The van der Waals surface area contributed by atoms with E-state index in [0.29, 0.717) is 16.7 Å². The molecule has 0 aliphatic heterocycles. The molecule has 0 bridgehead atoms. The molecule has 0 aromatic rings. The molecule has 0 aliphatic rings. The average Bonchev–Trinajstić information content (AvgIpc) is 2.42. The molecule has 0 radical (unpaired) electrons. The van der Waals surface area contributed by atoms with Crippen LogP contribution in [0.2, 0.25) is 0 Å².